The monoisotopic (exact) mass is 314 g/mol. The van der Waals surface area contributed by atoms with Gasteiger partial charge in [0.2, 0.25) is 0 Å². The highest BCUT2D eigenvalue weighted by atomic mass is 35.5. The molecule has 2 N–H and O–H groups in total. The van der Waals surface area contributed by atoms with Crippen molar-refractivity contribution in [2.45, 2.75) is 51.1 Å². The Bertz CT molecular complexity index is 430. The summed E-state index contributed by atoms with van der Waals surface area (Å²) in [5.74, 6) is 0. The van der Waals surface area contributed by atoms with Crippen molar-refractivity contribution in [2.24, 2.45) is 5.73 Å². The van der Waals surface area contributed by atoms with E-state index in [0.717, 1.165) is 6.54 Å². The molecule has 4 heteroatoms. The van der Waals surface area contributed by atoms with Gasteiger partial charge >= 0.3 is 0 Å². The predicted molar refractivity (Wildman–Crippen MR) is 87.5 cm³/mol. The van der Waals surface area contributed by atoms with Crippen molar-refractivity contribution in [2.75, 3.05) is 13.1 Å². The molecule has 1 aliphatic rings. The summed E-state index contributed by atoms with van der Waals surface area (Å²) in [6, 6.07) is 6.77. The maximum absolute atomic E-state index is 6.16. The molecule has 0 bridgehead atoms. The van der Waals surface area contributed by atoms with Crippen molar-refractivity contribution in [3.05, 3.63) is 33.8 Å². The highest BCUT2D eigenvalue weighted by Gasteiger charge is 2.26. The van der Waals surface area contributed by atoms with Crippen LogP contribution in [0.2, 0.25) is 10.0 Å². The highest BCUT2D eigenvalue weighted by Crippen LogP contribution is 2.32. The fourth-order valence-electron chi connectivity index (χ4n) is 3.33. The number of benzene rings is 1. The SMILES string of the molecule is CCN(C1CCCCC1)C(CN)c1ccc(Cl)c(Cl)c1. The lowest BCUT2D eigenvalue weighted by molar-refractivity contribution is 0.114. The fraction of sp³-hybridized carbons (Fsp3) is 0.625. The zero-order chi connectivity index (χ0) is 14.5. The molecule has 0 amide bonds. The van der Waals surface area contributed by atoms with Gasteiger partial charge in [-0.1, -0.05) is 55.5 Å². The van der Waals surface area contributed by atoms with Crippen LogP contribution < -0.4 is 5.73 Å². The smallest absolute Gasteiger partial charge is 0.0595 e. The zero-order valence-corrected chi connectivity index (χ0v) is 13.6. The number of nitrogens with zero attached hydrogens (tertiary/aromatic N) is 1. The largest absolute Gasteiger partial charge is 0.329 e. The van der Waals surface area contributed by atoms with Crippen molar-refractivity contribution < 1.29 is 0 Å². The fourth-order valence-corrected chi connectivity index (χ4v) is 3.63. The lowest BCUT2D eigenvalue weighted by atomic mass is 9.92. The van der Waals surface area contributed by atoms with Crippen LogP contribution in [-0.4, -0.2) is 24.0 Å². The van der Waals surface area contributed by atoms with E-state index in [0.29, 0.717) is 22.6 Å². The Morgan fingerprint density at radius 3 is 2.45 bits per heavy atom. The van der Waals surface area contributed by atoms with Gasteiger partial charge in [0.05, 0.1) is 10.0 Å². The summed E-state index contributed by atoms with van der Waals surface area (Å²) < 4.78 is 0. The van der Waals surface area contributed by atoms with E-state index < -0.39 is 0 Å². The molecule has 1 aromatic carbocycles. The van der Waals surface area contributed by atoms with Gasteiger partial charge in [0.1, 0.15) is 0 Å². The minimum absolute atomic E-state index is 0.234. The average molecular weight is 315 g/mol. The first-order valence-corrected chi connectivity index (χ1v) is 8.33. The highest BCUT2D eigenvalue weighted by molar-refractivity contribution is 6.42. The van der Waals surface area contributed by atoms with Crippen LogP contribution in [0, 0.1) is 0 Å². The predicted octanol–water partition coefficient (Wildman–Crippen LogP) is 4.65. The summed E-state index contributed by atoms with van der Waals surface area (Å²) in [5, 5.41) is 1.22. The van der Waals surface area contributed by atoms with Gasteiger partial charge in [-0.15, -0.1) is 0 Å². The Balaban J connectivity index is 2.21. The van der Waals surface area contributed by atoms with E-state index >= 15 is 0 Å². The molecule has 0 aromatic heterocycles. The van der Waals surface area contributed by atoms with E-state index in [1.807, 2.05) is 12.1 Å². The Hall–Kier alpha value is -0.280. The van der Waals surface area contributed by atoms with Crippen LogP contribution in [-0.2, 0) is 0 Å². The molecule has 20 heavy (non-hydrogen) atoms. The Kier molecular flexibility index (Phi) is 6.16. The number of nitrogens with two attached hydrogens (primary N) is 1. The van der Waals surface area contributed by atoms with Crippen molar-refractivity contribution >= 4 is 23.2 Å². The molecule has 0 heterocycles. The second-order valence-corrected chi connectivity index (χ2v) is 6.36. The zero-order valence-electron chi connectivity index (χ0n) is 12.1. The molecule has 1 aromatic rings. The molecule has 0 saturated heterocycles. The first-order chi connectivity index (χ1) is 9.67. The summed E-state index contributed by atoms with van der Waals surface area (Å²) >= 11 is 12.2. The topological polar surface area (TPSA) is 29.3 Å². The van der Waals surface area contributed by atoms with Crippen LogP contribution in [0.3, 0.4) is 0 Å². The van der Waals surface area contributed by atoms with Crippen molar-refractivity contribution in [3.8, 4) is 0 Å². The molecule has 1 unspecified atom stereocenters. The minimum atomic E-state index is 0.234. The van der Waals surface area contributed by atoms with Gasteiger partial charge in [0.25, 0.3) is 0 Å². The third-order valence-electron chi connectivity index (χ3n) is 4.36. The van der Waals surface area contributed by atoms with E-state index in [-0.39, 0.29) is 6.04 Å². The van der Waals surface area contributed by atoms with Gasteiger partial charge in [-0.05, 0) is 37.1 Å². The number of rotatable bonds is 5. The first-order valence-electron chi connectivity index (χ1n) is 7.58. The van der Waals surface area contributed by atoms with E-state index in [9.17, 15) is 0 Å². The van der Waals surface area contributed by atoms with E-state index in [4.69, 9.17) is 28.9 Å². The molecule has 1 atom stereocenters. The maximum atomic E-state index is 6.16. The molecular weight excluding hydrogens is 291 g/mol. The van der Waals surface area contributed by atoms with E-state index in [2.05, 4.69) is 17.9 Å². The number of halogens is 2. The van der Waals surface area contributed by atoms with Crippen LogP contribution >= 0.6 is 23.2 Å². The Morgan fingerprint density at radius 1 is 1.20 bits per heavy atom. The summed E-state index contributed by atoms with van der Waals surface area (Å²) in [6.45, 7) is 3.85. The molecule has 1 saturated carbocycles. The minimum Gasteiger partial charge on any atom is -0.329 e. The third-order valence-corrected chi connectivity index (χ3v) is 5.10. The Labute approximate surface area is 132 Å². The third kappa shape index (κ3) is 3.67. The van der Waals surface area contributed by atoms with Crippen LogP contribution in [0.1, 0.15) is 50.6 Å². The summed E-state index contributed by atoms with van der Waals surface area (Å²) in [5.41, 5.74) is 7.23. The van der Waals surface area contributed by atoms with Gasteiger partial charge in [-0.25, -0.2) is 0 Å². The molecule has 2 rings (SSSR count). The van der Waals surface area contributed by atoms with Crippen LogP contribution in [0.15, 0.2) is 18.2 Å². The van der Waals surface area contributed by atoms with Crippen molar-refractivity contribution in [1.82, 2.24) is 4.90 Å². The van der Waals surface area contributed by atoms with Gasteiger partial charge in [-0.2, -0.15) is 0 Å². The number of hydrogen-bond acceptors (Lipinski definition) is 2. The van der Waals surface area contributed by atoms with Crippen LogP contribution in [0.5, 0.6) is 0 Å². The second-order valence-electron chi connectivity index (χ2n) is 5.55. The van der Waals surface area contributed by atoms with Crippen molar-refractivity contribution in [1.29, 1.82) is 0 Å². The molecule has 112 valence electrons. The summed E-state index contributed by atoms with van der Waals surface area (Å²) in [6.07, 6.45) is 6.60. The number of likely N-dealkylation sites (N-methyl/N-ethyl adjacent to an activating group) is 1. The van der Waals surface area contributed by atoms with Gasteiger partial charge in [-0.3, -0.25) is 4.90 Å². The standard InChI is InChI=1S/C16H24Cl2N2/c1-2-20(13-6-4-3-5-7-13)16(11-19)12-8-9-14(17)15(18)10-12/h8-10,13,16H,2-7,11,19H2,1H3. The van der Waals surface area contributed by atoms with E-state index in [1.54, 1.807) is 0 Å². The Morgan fingerprint density at radius 2 is 1.90 bits per heavy atom. The van der Waals surface area contributed by atoms with E-state index in [1.165, 1.54) is 37.7 Å². The van der Waals surface area contributed by atoms with Crippen LogP contribution in [0.4, 0.5) is 0 Å². The second kappa shape index (κ2) is 7.65. The average Bonchev–Trinajstić information content (AvgIpc) is 2.48. The number of hydrogen-bond donors (Lipinski definition) is 1. The molecule has 1 fully saturated rings. The van der Waals surface area contributed by atoms with Crippen LogP contribution in [0.25, 0.3) is 0 Å². The van der Waals surface area contributed by atoms with Crippen molar-refractivity contribution in [3.63, 3.8) is 0 Å². The summed E-state index contributed by atoms with van der Waals surface area (Å²) in [4.78, 5) is 2.54. The molecule has 0 spiro atoms. The molecule has 0 aliphatic heterocycles. The van der Waals surface area contributed by atoms with Gasteiger partial charge < -0.3 is 5.73 Å². The molecular formula is C16H24Cl2N2. The maximum Gasteiger partial charge on any atom is 0.0595 e. The van der Waals surface area contributed by atoms with Gasteiger partial charge in [0, 0.05) is 18.6 Å². The normalized spacial score (nSPS) is 18.4. The van der Waals surface area contributed by atoms with Gasteiger partial charge in [0.15, 0.2) is 0 Å². The lowest BCUT2D eigenvalue weighted by Crippen LogP contribution is -2.42. The molecule has 2 nitrogen and oxygen atoms in total. The quantitative estimate of drug-likeness (QED) is 0.857. The molecule has 0 radical (unpaired) electrons. The lowest BCUT2D eigenvalue weighted by Gasteiger charge is -2.39. The first kappa shape index (κ1) is 16.1. The molecule has 1 aliphatic carbocycles. The summed E-state index contributed by atoms with van der Waals surface area (Å²) in [7, 11) is 0.